The van der Waals surface area contributed by atoms with Crippen molar-refractivity contribution in [3.63, 3.8) is 0 Å². The van der Waals surface area contributed by atoms with Gasteiger partial charge in [0.2, 0.25) is 5.95 Å². The molecule has 0 atom stereocenters. The number of unbranched alkanes of at least 4 members (excludes halogenated alkanes) is 3. The number of hydrogen-bond acceptors (Lipinski definition) is 6. The molecule has 1 N–H and O–H groups in total. The van der Waals surface area contributed by atoms with E-state index in [2.05, 4.69) is 63.0 Å². The van der Waals surface area contributed by atoms with Gasteiger partial charge in [-0.05, 0) is 43.8 Å². The SMILES string of the molecule is CCCCCC#CCn1c(=O)ccc2cnc(Nc3ccc(N4CCN(C)CC4)cc3)nc21. The lowest BCUT2D eigenvalue weighted by Crippen LogP contribution is -2.44. The maximum absolute atomic E-state index is 12.5. The predicted octanol–water partition coefficient (Wildman–Crippen LogP) is 3.87. The van der Waals surface area contributed by atoms with E-state index in [0.717, 1.165) is 50.1 Å². The fourth-order valence-electron chi connectivity index (χ4n) is 3.92. The minimum Gasteiger partial charge on any atom is -0.369 e. The second kappa shape index (κ2) is 11.0. The number of rotatable bonds is 7. The van der Waals surface area contributed by atoms with Crippen molar-refractivity contribution in [3.05, 3.63) is 52.9 Å². The van der Waals surface area contributed by atoms with Crippen LogP contribution in [0.4, 0.5) is 17.3 Å². The summed E-state index contributed by atoms with van der Waals surface area (Å²) >= 11 is 0. The maximum atomic E-state index is 12.5. The first-order valence-electron chi connectivity index (χ1n) is 11.8. The molecule has 4 rings (SSSR count). The Balaban J connectivity index is 1.48. The highest BCUT2D eigenvalue weighted by Gasteiger charge is 2.14. The van der Waals surface area contributed by atoms with Crippen LogP contribution in [-0.2, 0) is 6.54 Å². The van der Waals surface area contributed by atoms with Crippen LogP contribution < -0.4 is 15.8 Å². The fraction of sp³-hybridized carbons (Fsp3) is 0.423. The molecule has 0 saturated carbocycles. The zero-order valence-corrected chi connectivity index (χ0v) is 19.5. The van der Waals surface area contributed by atoms with Crippen LogP contribution >= 0.6 is 0 Å². The molecule has 3 heterocycles. The summed E-state index contributed by atoms with van der Waals surface area (Å²) in [6, 6.07) is 11.6. The van der Waals surface area contributed by atoms with Crippen molar-refractivity contribution >= 4 is 28.4 Å². The minimum atomic E-state index is -0.105. The number of fused-ring (bicyclic) bond motifs is 1. The van der Waals surface area contributed by atoms with E-state index in [1.165, 1.54) is 18.5 Å². The van der Waals surface area contributed by atoms with Crippen LogP contribution in [0.2, 0.25) is 0 Å². The third-order valence-electron chi connectivity index (χ3n) is 5.98. The number of pyridine rings is 1. The van der Waals surface area contributed by atoms with Crippen molar-refractivity contribution < 1.29 is 0 Å². The Hall–Kier alpha value is -3.37. The van der Waals surface area contributed by atoms with E-state index in [9.17, 15) is 4.79 Å². The maximum Gasteiger partial charge on any atom is 0.253 e. The molecule has 1 fully saturated rings. The number of benzene rings is 1. The Labute approximate surface area is 195 Å². The summed E-state index contributed by atoms with van der Waals surface area (Å²) in [5, 5.41) is 4.09. The molecule has 33 heavy (non-hydrogen) atoms. The standard InChI is InChI=1S/C26H32N6O/c1-3-4-5-6-7-8-15-32-24(33)14-9-21-20-27-26(29-25(21)32)28-22-10-12-23(13-11-22)31-18-16-30(2)17-19-31/h9-14,20H,3-6,15-19H2,1-2H3,(H,27,28,29). The second-order valence-corrected chi connectivity index (χ2v) is 8.50. The summed E-state index contributed by atoms with van der Waals surface area (Å²) in [5.74, 6) is 6.76. The van der Waals surface area contributed by atoms with Crippen molar-refractivity contribution in [2.24, 2.45) is 0 Å². The molecule has 0 bridgehead atoms. The number of nitrogens with one attached hydrogen (secondary N) is 1. The van der Waals surface area contributed by atoms with Gasteiger partial charge in [-0.3, -0.25) is 9.36 Å². The van der Waals surface area contributed by atoms with E-state index in [1.807, 2.05) is 12.1 Å². The second-order valence-electron chi connectivity index (χ2n) is 8.50. The van der Waals surface area contributed by atoms with Gasteiger partial charge in [0.1, 0.15) is 5.65 Å². The van der Waals surface area contributed by atoms with Gasteiger partial charge in [-0.1, -0.05) is 25.7 Å². The first-order chi connectivity index (χ1) is 16.1. The summed E-state index contributed by atoms with van der Waals surface area (Å²) in [7, 11) is 2.16. The largest absolute Gasteiger partial charge is 0.369 e. The highest BCUT2D eigenvalue weighted by Crippen LogP contribution is 2.21. The normalized spacial score (nSPS) is 14.2. The smallest absolute Gasteiger partial charge is 0.253 e. The Morgan fingerprint density at radius 3 is 2.55 bits per heavy atom. The first-order valence-corrected chi connectivity index (χ1v) is 11.8. The lowest BCUT2D eigenvalue weighted by molar-refractivity contribution is 0.313. The van der Waals surface area contributed by atoms with E-state index in [4.69, 9.17) is 0 Å². The third kappa shape index (κ3) is 5.91. The molecule has 172 valence electrons. The van der Waals surface area contributed by atoms with Gasteiger partial charge in [0.25, 0.3) is 5.56 Å². The molecule has 1 aliphatic rings. The van der Waals surface area contributed by atoms with Gasteiger partial charge in [0.15, 0.2) is 0 Å². The Kier molecular flexibility index (Phi) is 7.59. The lowest BCUT2D eigenvalue weighted by Gasteiger charge is -2.34. The van der Waals surface area contributed by atoms with Gasteiger partial charge in [0.05, 0.1) is 6.54 Å². The van der Waals surface area contributed by atoms with Crippen molar-refractivity contribution in [1.82, 2.24) is 19.4 Å². The van der Waals surface area contributed by atoms with E-state index >= 15 is 0 Å². The molecule has 7 heteroatoms. The third-order valence-corrected chi connectivity index (χ3v) is 5.98. The summed E-state index contributed by atoms with van der Waals surface area (Å²) in [6.07, 6.45) is 6.06. The van der Waals surface area contributed by atoms with E-state index in [-0.39, 0.29) is 5.56 Å². The van der Waals surface area contributed by atoms with E-state index in [0.29, 0.717) is 18.1 Å². The summed E-state index contributed by atoms with van der Waals surface area (Å²) in [5.41, 5.74) is 2.62. The van der Waals surface area contributed by atoms with Crippen LogP contribution in [-0.4, -0.2) is 52.7 Å². The molecular formula is C26H32N6O. The monoisotopic (exact) mass is 444 g/mol. The van der Waals surface area contributed by atoms with Gasteiger partial charge < -0.3 is 15.1 Å². The molecule has 7 nitrogen and oxygen atoms in total. The van der Waals surface area contributed by atoms with Crippen LogP contribution in [0.15, 0.2) is 47.4 Å². The summed E-state index contributed by atoms with van der Waals surface area (Å²) in [6.45, 7) is 6.74. The summed E-state index contributed by atoms with van der Waals surface area (Å²) < 4.78 is 1.62. The molecule has 0 aliphatic carbocycles. The van der Waals surface area contributed by atoms with Gasteiger partial charge in [-0.25, -0.2) is 4.98 Å². The minimum absolute atomic E-state index is 0.105. The molecule has 1 aliphatic heterocycles. The molecule has 1 aromatic carbocycles. The Morgan fingerprint density at radius 1 is 1.00 bits per heavy atom. The number of hydrogen-bond donors (Lipinski definition) is 1. The highest BCUT2D eigenvalue weighted by atomic mass is 16.1. The zero-order valence-electron chi connectivity index (χ0n) is 19.5. The quantitative estimate of drug-likeness (QED) is 0.441. The van der Waals surface area contributed by atoms with Gasteiger partial charge in [-0.15, -0.1) is 5.92 Å². The molecule has 0 radical (unpaired) electrons. The van der Waals surface area contributed by atoms with Gasteiger partial charge >= 0.3 is 0 Å². The highest BCUT2D eigenvalue weighted by molar-refractivity contribution is 5.75. The molecular weight excluding hydrogens is 412 g/mol. The van der Waals surface area contributed by atoms with Crippen LogP contribution in [0.3, 0.4) is 0 Å². The van der Waals surface area contributed by atoms with Crippen LogP contribution in [0.1, 0.15) is 32.6 Å². The van der Waals surface area contributed by atoms with Gasteiger partial charge in [0, 0.05) is 61.6 Å². The first kappa shape index (κ1) is 22.8. The zero-order chi connectivity index (χ0) is 23.0. The average molecular weight is 445 g/mol. The van der Waals surface area contributed by atoms with E-state index < -0.39 is 0 Å². The van der Waals surface area contributed by atoms with Crippen molar-refractivity contribution in [2.75, 3.05) is 43.4 Å². The number of piperazine rings is 1. The lowest BCUT2D eigenvalue weighted by atomic mass is 10.2. The molecule has 0 amide bonds. The number of likely N-dealkylation sites (N-methyl/N-ethyl adjacent to an activating group) is 1. The predicted molar refractivity (Wildman–Crippen MR) is 135 cm³/mol. The Morgan fingerprint density at radius 2 is 1.79 bits per heavy atom. The van der Waals surface area contributed by atoms with Crippen molar-refractivity contribution in [2.45, 2.75) is 39.2 Å². The molecule has 0 unspecified atom stereocenters. The molecule has 1 saturated heterocycles. The van der Waals surface area contributed by atoms with E-state index in [1.54, 1.807) is 22.9 Å². The number of anilines is 3. The molecule has 2 aromatic heterocycles. The Bertz CT molecular complexity index is 1180. The van der Waals surface area contributed by atoms with Crippen LogP contribution in [0.25, 0.3) is 11.0 Å². The van der Waals surface area contributed by atoms with Crippen LogP contribution in [0.5, 0.6) is 0 Å². The fourth-order valence-corrected chi connectivity index (χ4v) is 3.92. The number of nitrogens with zero attached hydrogens (tertiary/aromatic N) is 5. The van der Waals surface area contributed by atoms with Gasteiger partial charge in [-0.2, -0.15) is 4.98 Å². The van der Waals surface area contributed by atoms with Crippen LogP contribution in [0, 0.1) is 11.8 Å². The van der Waals surface area contributed by atoms with Crippen molar-refractivity contribution in [1.29, 1.82) is 0 Å². The number of aromatic nitrogens is 3. The summed E-state index contributed by atoms with van der Waals surface area (Å²) in [4.78, 5) is 26.3. The molecule has 3 aromatic rings. The molecule has 0 spiro atoms. The van der Waals surface area contributed by atoms with Crippen molar-refractivity contribution in [3.8, 4) is 11.8 Å². The topological polar surface area (TPSA) is 66.3 Å². The average Bonchev–Trinajstić information content (AvgIpc) is 2.83.